The van der Waals surface area contributed by atoms with Crippen LogP contribution in [0.1, 0.15) is 125 Å². The summed E-state index contributed by atoms with van der Waals surface area (Å²) in [6.07, 6.45) is 11.8. The number of benzene rings is 2. The van der Waals surface area contributed by atoms with Gasteiger partial charge in [-0.25, -0.2) is 24.4 Å². The van der Waals surface area contributed by atoms with Crippen LogP contribution in [0.2, 0.25) is 0 Å². The minimum absolute atomic E-state index is 0.00125. The third-order valence-electron chi connectivity index (χ3n) is 20.5. The van der Waals surface area contributed by atoms with Gasteiger partial charge < -0.3 is 61.4 Å². The highest BCUT2D eigenvalue weighted by molar-refractivity contribution is 7.22. The number of rotatable bonds is 29. The van der Waals surface area contributed by atoms with Crippen molar-refractivity contribution in [1.29, 1.82) is 0 Å². The first-order valence-electron chi connectivity index (χ1n) is 34.8. The molecule has 5 fully saturated rings. The van der Waals surface area contributed by atoms with Crippen molar-refractivity contribution in [2.24, 2.45) is 27.9 Å². The van der Waals surface area contributed by atoms with Gasteiger partial charge in [0.05, 0.1) is 48.4 Å². The smallest absolute Gasteiger partial charge is 0.410 e. The van der Waals surface area contributed by atoms with E-state index in [9.17, 15) is 43.5 Å². The normalized spacial score (nSPS) is 22.1. The van der Waals surface area contributed by atoms with Crippen LogP contribution in [-0.4, -0.2) is 187 Å². The summed E-state index contributed by atoms with van der Waals surface area (Å²) in [4.78, 5) is 119. The number of nitrogens with one attached hydrogen (secondary N) is 5. The molecule has 29 heteroatoms. The van der Waals surface area contributed by atoms with Gasteiger partial charge in [-0.1, -0.05) is 63.3 Å². The monoisotopic (exact) mass is 1400 g/mol. The van der Waals surface area contributed by atoms with Crippen LogP contribution >= 0.6 is 11.3 Å². The highest BCUT2D eigenvalue weighted by Gasteiger charge is 2.66. The first-order chi connectivity index (χ1) is 48.3. The fourth-order valence-electron chi connectivity index (χ4n) is 16.9. The number of para-hydroxylation sites is 1. The van der Waals surface area contributed by atoms with Crippen LogP contribution in [0.3, 0.4) is 0 Å². The highest BCUT2D eigenvalue weighted by atomic mass is 32.1. The lowest BCUT2D eigenvalue weighted by molar-refractivity contribution is -0.249. The Bertz CT molecular complexity index is 4100. The molecule has 0 radical (unpaired) electrons. The van der Waals surface area contributed by atoms with Gasteiger partial charge in [0.2, 0.25) is 17.7 Å². The second kappa shape index (κ2) is 30.0. The summed E-state index contributed by atoms with van der Waals surface area (Å²) in [6, 6.07) is 15.7. The Kier molecular flexibility index (Phi) is 21.2. The number of ether oxygens (including phenoxy) is 3. The molecule has 4 aromatic heterocycles. The standard InChI is InChI=1S/C72H90N16O12S/c1-44(2)59(80-56(89)23-32-98-33-31-87-57(90)21-22-58(87)91)64(93)77-53(13-9-24-74-66(73)96)63(92)76-48-17-15-47(16-18-48)36-99-68(97)85-28-26-84(27-29-85)30-34-100-72-40-69(5)37-70(6,41-72)39-71(38-69,42-72)43-88-46(4)51(35-75-88)50-19-20-55(79-60(50)65(94)95)86-25-10-11-49-45(3)61(82-83-62(49)86)81-67-78-52-12-7-8-14-54(52)101-67/h7-8,12,14-22,35,44,53,59H,9-11,13,23-34,36-43H2,1-6H3,(H,76,92)(H,77,93)(H,80,89)(H,94,95)(H3,73,74,96)(H,78,81,82)/t53-,59-,69?,70?,71?,72?/m0/s1. The van der Waals surface area contributed by atoms with Crippen molar-refractivity contribution in [3.8, 4) is 11.1 Å². The van der Waals surface area contributed by atoms with Crippen molar-refractivity contribution in [1.82, 2.24) is 60.6 Å². The molecule has 8 amide bonds. The molecule has 3 aliphatic heterocycles. The Balaban J connectivity index is 0.603. The number of imide groups is 1. The van der Waals surface area contributed by atoms with Gasteiger partial charge in [-0.3, -0.25) is 38.5 Å². The van der Waals surface area contributed by atoms with Crippen LogP contribution in [0, 0.1) is 36.0 Å². The molecule has 4 saturated carbocycles. The SMILES string of the molecule is Cc1c(Nc2nc3ccccc3s2)nnc2c1CCCN2c1ccc(-c2cnn(CC34CC5(C)CC(C)(C3)CC(OCCN3CCN(C(=O)OCc6ccc(NC(=O)[C@H](CCCNC(N)=O)NC(=O)[C@@H](NC(=O)CCOCCN7C(=O)C=CC7=O)C(C)C)cc6)CC3)(C5)C4)c2C)c(C(=O)O)n1. The largest absolute Gasteiger partial charge is 0.476 e. The molecule has 6 aromatic rings. The van der Waals surface area contributed by atoms with E-state index < -0.39 is 59.7 Å². The summed E-state index contributed by atoms with van der Waals surface area (Å²) in [5, 5.41) is 40.0. The Hall–Kier alpha value is -9.45. The van der Waals surface area contributed by atoms with E-state index in [-0.39, 0.29) is 85.6 Å². The van der Waals surface area contributed by atoms with Crippen molar-refractivity contribution < 1.29 is 57.7 Å². The average molecular weight is 1400 g/mol. The minimum atomic E-state index is -1.13. The molecule has 101 heavy (non-hydrogen) atoms. The van der Waals surface area contributed by atoms with E-state index in [2.05, 4.69) is 55.1 Å². The number of hydrogen-bond donors (Lipinski definition) is 7. The second-order valence-corrected chi connectivity index (χ2v) is 30.1. The van der Waals surface area contributed by atoms with E-state index in [1.165, 1.54) is 12.2 Å². The van der Waals surface area contributed by atoms with Crippen molar-refractivity contribution in [3.63, 3.8) is 0 Å². The predicted octanol–water partition coefficient (Wildman–Crippen LogP) is 7.92. The number of primary amides is 1. The topological polar surface area (TPSA) is 353 Å². The molecule has 8 N–H and O–H groups in total. The van der Waals surface area contributed by atoms with Crippen LogP contribution in [-0.2, 0) is 57.8 Å². The molecular formula is C72H90N16O12S. The van der Waals surface area contributed by atoms with Crippen molar-refractivity contribution in [2.75, 3.05) is 87.7 Å². The maximum absolute atomic E-state index is 13.8. The molecule has 4 atom stereocenters. The average Bonchev–Trinajstić information content (AvgIpc) is 0.827. The van der Waals surface area contributed by atoms with E-state index in [0.717, 1.165) is 101 Å². The van der Waals surface area contributed by atoms with E-state index >= 15 is 0 Å². The van der Waals surface area contributed by atoms with Crippen LogP contribution < -0.4 is 37.2 Å². The summed E-state index contributed by atoms with van der Waals surface area (Å²) in [5.41, 5.74) is 11.1. The number of nitrogens with zero attached hydrogens (tertiary/aromatic N) is 10. The van der Waals surface area contributed by atoms with E-state index in [4.69, 9.17) is 40.1 Å². The number of amides is 8. The summed E-state index contributed by atoms with van der Waals surface area (Å²) in [6.45, 7) is 17.5. The zero-order valence-electron chi connectivity index (χ0n) is 58.1. The maximum Gasteiger partial charge on any atom is 0.410 e. The van der Waals surface area contributed by atoms with Crippen molar-refractivity contribution in [3.05, 3.63) is 107 Å². The predicted molar refractivity (Wildman–Crippen MR) is 377 cm³/mol. The van der Waals surface area contributed by atoms with Gasteiger partial charge in [0, 0.05) is 105 Å². The van der Waals surface area contributed by atoms with E-state index in [1.807, 2.05) is 55.1 Å². The number of urea groups is 1. The highest BCUT2D eigenvalue weighted by Crippen LogP contribution is 2.72. The Morgan fingerprint density at radius 1 is 0.792 bits per heavy atom. The quantitative estimate of drug-likeness (QED) is 0.0173. The van der Waals surface area contributed by atoms with Gasteiger partial charge in [-0.2, -0.15) is 5.10 Å². The fourth-order valence-corrected chi connectivity index (χ4v) is 17.7. The molecule has 13 rings (SSSR count). The molecule has 4 aliphatic carbocycles. The first kappa shape index (κ1) is 71.4. The van der Waals surface area contributed by atoms with E-state index in [1.54, 1.807) is 60.5 Å². The Labute approximate surface area is 589 Å². The number of carboxylic acids is 1. The van der Waals surface area contributed by atoms with Crippen molar-refractivity contribution >= 4 is 97.5 Å². The van der Waals surface area contributed by atoms with E-state index in [0.29, 0.717) is 80.1 Å². The Morgan fingerprint density at radius 2 is 1.53 bits per heavy atom. The summed E-state index contributed by atoms with van der Waals surface area (Å²) < 4.78 is 21.6. The zero-order chi connectivity index (χ0) is 71.4. The second-order valence-electron chi connectivity index (χ2n) is 29.1. The lowest BCUT2D eigenvalue weighted by atomic mass is 9.39. The number of thiazole rings is 1. The molecule has 28 nitrogen and oxygen atoms in total. The molecular weight excluding hydrogens is 1310 g/mol. The fraction of sp³-hybridized carbons (Fsp3) is 0.514. The number of carboxylic acid groups (broad SMARTS) is 1. The third-order valence-corrected chi connectivity index (χ3v) is 21.5. The van der Waals surface area contributed by atoms with Gasteiger partial charge in [0.1, 0.15) is 24.5 Å². The van der Waals surface area contributed by atoms with Gasteiger partial charge >= 0.3 is 18.1 Å². The number of piperazine rings is 1. The number of hydrogen-bond acceptors (Lipinski definition) is 20. The number of anilines is 5. The molecule has 1 saturated heterocycles. The number of aromatic carboxylic acids is 1. The lowest BCUT2D eigenvalue weighted by Gasteiger charge is -2.69. The molecule has 7 aliphatic rings. The number of aromatic nitrogens is 6. The minimum Gasteiger partial charge on any atom is -0.476 e. The van der Waals surface area contributed by atoms with Gasteiger partial charge in [0.15, 0.2) is 22.5 Å². The first-order valence-corrected chi connectivity index (χ1v) is 35.6. The Morgan fingerprint density at radius 3 is 2.25 bits per heavy atom. The molecule has 4 bridgehead atoms. The van der Waals surface area contributed by atoms with Crippen molar-refractivity contribution in [2.45, 2.75) is 143 Å². The van der Waals surface area contributed by atoms with Crippen LogP contribution in [0.4, 0.5) is 37.9 Å². The number of pyridine rings is 1. The number of carbonyl (C=O) groups excluding carboxylic acids is 7. The third kappa shape index (κ3) is 16.5. The van der Waals surface area contributed by atoms with Gasteiger partial charge in [0.25, 0.3) is 11.8 Å². The number of carbonyl (C=O) groups is 8. The lowest BCUT2D eigenvalue weighted by Crippen LogP contribution is -2.64. The molecule has 536 valence electrons. The number of nitrogens with two attached hydrogens (primary N) is 1. The maximum atomic E-state index is 13.8. The van der Waals surface area contributed by atoms with Crippen LogP contribution in [0.25, 0.3) is 21.3 Å². The summed E-state index contributed by atoms with van der Waals surface area (Å²) in [5.74, 6) is -2.19. The van der Waals surface area contributed by atoms with Crippen LogP contribution in [0.15, 0.2) is 79.0 Å². The van der Waals surface area contributed by atoms with Gasteiger partial charge in [-0.15, -0.1) is 10.2 Å². The van der Waals surface area contributed by atoms with Gasteiger partial charge in [-0.05, 0) is 142 Å². The molecule has 2 aromatic carbocycles. The number of fused-ring (bicyclic) bond motifs is 2. The summed E-state index contributed by atoms with van der Waals surface area (Å²) >= 11 is 1.56. The zero-order valence-corrected chi connectivity index (χ0v) is 58.9. The molecule has 2 unspecified atom stereocenters. The van der Waals surface area contributed by atoms with Crippen LogP contribution in [0.5, 0.6) is 0 Å². The molecule has 0 spiro atoms. The summed E-state index contributed by atoms with van der Waals surface area (Å²) in [7, 11) is 0. The molecule has 7 heterocycles.